The second-order valence-electron chi connectivity index (χ2n) is 3.18. The summed E-state index contributed by atoms with van der Waals surface area (Å²) in [6.45, 7) is 2.07. The van der Waals surface area contributed by atoms with Gasteiger partial charge < -0.3 is 15.2 Å². The van der Waals surface area contributed by atoms with Gasteiger partial charge in [0.1, 0.15) is 12.3 Å². The van der Waals surface area contributed by atoms with Gasteiger partial charge in [-0.3, -0.25) is 0 Å². The van der Waals surface area contributed by atoms with Crippen LogP contribution < -0.4 is 10.1 Å². The van der Waals surface area contributed by atoms with E-state index in [1.54, 1.807) is 0 Å². The molecule has 5 nitrogen and oxygen atoms in total. The van der Waals surface area contributed by atoms with E-state index in [1.807, 2.05) is 0 Å². The minimum Gasteiger partial charge on any atom is -0.473 e. The van der Waals surface area contributed by atoms with E-state index in [0.717, 1.165) is 42.5 Å². The Morgan fingerprint density at radius 3 is 3.20 bits per heavy atom. The van der Waals surface area contributed by atoms with Gasteiger partial charge in [0.2, 0.25) is 0 Å². The standard InChI is InChI=1S/C9H13N3O2S/c13-4-5-14-9-8(11-15-12-9)7-2-1-3-10-6-7/h2,10,13H,1,3-6H2. The molecule has 1 aromatic rings. The van der Waals surface area contributed by atoms with Gasteiger partial charge in [0, 0.05) is 6.54 Å². The number of hydrogen-bond donors (Lipinski definition) is 2. The van der Waals surface area contributed by atoms with Crippen LogP contribution in [0.15, 0.2) is 6.08 Å². The van der Waals surface area contributed by atoms with Crippen LogP contribution in [0.3, 0.4) is 0 Å². The molecule has 1 aliphatic rings. The summed E-state index contributed by atoms with van der Waals surface area (Å²) >= 11 is 1.14. The summed E-state index contributed by atoms with van der Waals surface area (Å²) in [5, 5.41) is 11.9. The predicted octanol–water partition coefficient (Wildman–Crippen LogP) is 0.286. The molecule has 1 aliphatic heterocycles. The molecule has 0 amide bonds. The molecule has 0 atom stereocenters. The van der Waals surface area contributed by atoms with Crippen molar-refractivity contribution in [2.45, 2.75) is 6.42 Å². The van der Waals surface area contributed by atoms with E-state index in [9.17, 15) is 0 Å². The van der Waals surface area contributed by atoms with Crippen LogP contribution in [0.25, 0.3) is 5.57 Å². The van der Waals surface area contributed by atoms with Crippen LogP contribution in [0.1, 0.15) is 12.1 Å². The predicted molar refractivity (Wildman–Crippen MR) is 58.0 cm³/mol. The summed E-state index contributed by atoms with van der Waals surface area (Å²) in [5.74, 6) is 0.531. The lowest BCUT2D eigenvalue weighted by Gasteiger charge is -2.12. The third-order valence-corrected chi connectivity index (χ3v) is 2.63. The van der Waals surface area contributed by atoms with Crippen LogP contribution in [-0.2, 0) is 0 Å². The van der Waals surface area contributed by atoms with Gasteiger partial charge in [-0.25, -0.2) is 0 Å². The van der Waals surface area contributed by atoms with E-state index in [-0.39, 0.29) is 13.2 Å². The highest BCUT2D eigenvalue weighted by molar-refractivity contribution is 6.99. The van der Waals surface area contributed by atoms with Crippen molar-refractivity contribution in [1.82, 2.24) is 14.1 Å². The molecule has 0 saturated carbocycles. The molecular formula is C9H13N3O2S. The first kappa shape index (κ1) is 10.5. The molecule has 0 aromatic carbocycles. The fourth-order valence-corrected chi connectivity index (χ4v) is 1.97. The van der Waals surface area contributed by atoms with Gasteiger partial charge in [-0.15, -0.1) is 4.37 Å². The van der Waals surface area contributed by atoms with Crippen molar-refractivity contribution in [3.05, 3.63) is 11.8 Å². The van der Waals surface area contributed by atoms with Crippen LogP contribution >= 0.6 is 11.7 Å². The zero-order valence-electron chi connectivity index (χ0n) is 8.27. The molecule has 82 valence electrons. The van der Waals surface area contributed by atoms with Gasteiger partial charge in [-0.05, 0) is 18.5 Å². The molecule has 0 unspecified atom stereocenters. The quantitative estimate of drug-likeness (QED) is 0.773. The smallest absolute Gasteiger partial charge is 0.253 e. The average Bonchev–Trinajstić information content (AvgIpc) is 2.75. The van der Waals surface area contributed by atoms with Gasteiger partial charge in [0.05, 0.1) is 18.3 Å². The van der Waals surface area contributed by atoms with Crippen molar-refractivity contribution in [3.63, 3.8) is 0 Å². The van der Waals surface area contributed by atoms with E-state index < -0.39 is 0 Å². The van der Waals surface area contributed by atoms with Crippen LogP contribution in [0, 0.1) is 0 Å². The molecule has 0 spiro atoms. The summed E-state index contributed by atoms with van der Waals surface area (Å²) in [5.41, 5.74) is 1.93. The van der Waals surface area contributed by atoms with Gasteiger partial charge in [-0.2, -0.15) is 4.37 Å². The molecular weight excluding hydrogens is 214 g/mol. The zero-order chi connectivity index (χ0) is 10.5. The maximum absolute atomic E-state index is 8.67. The van der Waals surface area contributed by atoms with Crippen molar-refractivity contribution in [3.8, 4) is 5.88 Å². The summed E-state index contributed by atoms with van der Waals surface area (Å²) in [6, 6.07) is 0. The van der Waals surface area contributed by atoms with Gasteiger partial charge >= 0.3 is 0 Å². The van der Waals surface area contributed by atoms with Crippen molar-refractivity contribution >= 4 is 17.3 Å². The zero-order valence-corrected chi connectivity index (χ0v) is 9.09. The molecule has 0 bridgehead atoms. The van der Waals surface area contributed by atoms with Crippen molar-refractivity contribution < 1.29 is 9.84 Å². The Kier molecular flexibility index (Phi) is 3.65. The summed E-state index contributed by atoms with van der Waals surface area (Å²) in [7, 11) is 0. The molecule has 2 N–H and O–H groups in total. The topological polar surface area (TPSA) is 67.3 Å². The highest BCUT2D eigenvalue weighted by atomic mass is 32.1. The monoisotopic (exact) mass is 227 g/mol. The number of hydrogen-bond acceptors (Lipinski definition) is 6. The van der Waals surface area contributed by atoms with E-state index >= 15 is 0 Å². The molecule has 1 aromatic heterocycles. The van der Waals surface area contributed by atoms with E-state index in [0.29, 0.717) is 5.88 Å². The molecule has 0 radical (unpaired) electrons. The minimum atomic E-state index is -0.00569. The van der Waals surface area contributed by atoms with Gasteiger partial charge in [0.15, 0.2) is 0 Å². The van der Waals surface area contributed by atoms with Crippen LogP contribution in [0.5, 0.6) is 5.88 Å². The van der Waals surface area contributed by atoms with Gasteiger partial charge in [0.25, 0.3) is 5.88 Å². The summed E-state index contributed by atoms with van der Waals surface area (Å²) in [6.07, 6.45) is 3.16. The van der Waals surface area contributed by atoms with Crippen LogP contribution in [-0.4, -0.2) is 40.2 Å². The van der Waals surface area contributed by atoms with Crippen molar-refractivity contribution in [1.29, 1.82) is 0 Å². The molecule has 2 rings (SSSR count). The highest BCUT2D eigenvalue weighted by Gasteiger charge is 2.15. The third kappa shape index (κ3) is 2.53. The Morgan fingerprint density at radius 2 is 2.47 bits per heavy atom. The first-order valence-corrected chi connectivity index (χ1v) is 5.61. The minimum absolute atomic E-state index is 0.00569. The first-order chi connectivity index (χ1) is 7.42. The number of aliphatic hydroxyl groups excluding tert-OH is 1. The SMILES string of the molecule is OCCOc1nsnc1C1=CCCNC1. The summed E-state index contributed by atoms with van der Waals surface area (Å²) in [4.78, 5) is 0. The van der Waals surface area contributed by atoms with Crippen LogP contribution in [0.4, 0.5) is 0 Å². The lowest BCUT2D eigenvalue weighted by atomic mass is 10.1. The third-order valence-electron chi connectivity index (χ3n) is 2.12. The van der Waals surface area contributed by atoms with E-state index in [2.05, 4.69) is 20.1 Å². The largest absolute Gasteiger partial charge is 0.473 e. The Balaban J connectivity index is 2.12. The number of rotatable bonds is 4. The fourth-order valence-electron chi connectivity index (χ4n) is 1.44. The Bertz CT molecular complexity index is 351. The fraction of sp³-hybridized carbons (Fsp3) is 0.556. The maximum atomic E-state index is 8.67. The average molecular weight is 227 g/mol. The van der Waals surface area contributed by atoms with Crippen LogP contribution in [0.2, 0.25) is 0 Å². The Hall–Kier alpha value is -0.980. The Morgan fingerprint density at radius 1 is 1.53 bits per heavy atom. The second kappa shape index (κ2) is 5.20. The second-order valence-corrected chi connectivity index (χ2v) is 3.71. The molecule has 2 heterocycles. The highest BCUT2D eigenvalue weighted by Crippen LogP contribution is 2.24. The van der Waals surface area contributed by atoms with Gasteiger partial charge in [-0.1, -0.05) is 6.08 Å². The molecule has 0 fully saturated rings. The number of aliphatic hydroxyl groups is 1. The van der Waals surface area contributed by atoms with E-state index in [1.165, 1.54) is 0 Å². The maximum Gasteiger partial charge on any atom is 0.253 e. The lowest BCUT2D eigenvalue weighted by Crippen LogP contribution is -2.21. The molecule has 15 heavy (non-hydrogen) atoms. The Labute approximate surface area is 92.1 Å². The van der Waals surface area contributed by atoms with Crippen molar-refractivity contribution in [2.75, 3.05) is 26.3 Å². The number of nitrogens with one attached hydrogen (secondary N) is 1. The normalized spacial score (nSPS) is 16.2. The van der Waals surface area contributed by atoms with Crippen molar-refractivity contribution in [2.24, 2.45) is 0 Å². The number of nitrogens with zero attached hydrogens (tertiary/aromatic N) is 2. The molecule has 0 aliphatic carbocycles. The molecule has 6 heteroatoms. The van der Waals surface area contributed by atoms with E-state index in [4.69, 9.17) is 9.84 Å². The molecule has 0 saturated heterocycles. The summed E-state index contributed by atoms with van der Waals surface area (Å²) < 4.78 is 13.6. The lowest BCUT2D eigenvalue weighted by molar-refractivity contribution is 0.197. The number of aromatic nitrogens is 2. The number of ether oxygens (including phenoxy) is 1. The first-order valence-electron chi connectivity index (χ1n) is 4.88.